The summed E-state index contributed by atoms with van der Waals surface area (Å²) in [5.41, 5.74) is 2.87. The largest absolute Gasteiger partial charge is 0.354 e. The summed E-state index contributed by atoms with van der Waals surface area (Å²) >= 11 is 0. The van der Waals surface area contributed by atoms with Crippen molar-refractivity contribution >= 4 is 5.91 Å². The van der Waals surface area contributed by atoms with Gasteiger partial charge < -0.3 is 5.32 Å². The van der Waals surface area contributed by atoms with Gasteiger partial charge in [-0.2, -0.15) is 0 Å². The van der Waals surface area contributed by atoms with Gasteiger partial charge in [0.1, 0.15) is 0 Å². The third-order valence-corrected chi connectivity index (χ3v) is 2.46. The first-order valence-corrected chi connectivity index (χ1v) is 5.86. The summed E-state index contributed by atoms with van der Waals surface area (Å²) in [5, 5.41) is 2.84. The molecule has 0 aromatic rings. The lowest BCUT2D eigenvalue weighted by Crippen LogP contribution is -2.33. The predicted molar refractivity (Wildman–Crippen MR) is 59.2 cm³/mol. The van der Waals surface area contributed by atoms with Crippen LogP contribution in [-0.2, 0) is 9.63 Å². The van der Waals surface area contributed by atoms with E-state index in [1.165, 1.54) is 12.8 Å². The van der Waals surface area contributed by atoms with Gasteiger partial charge in [0.2, 0.25) is 5.91 Å². The molecule has 0 saturated heterocycles. The summed E-state index contributed by atoms with van der Waals surface area (Å²) in [7, 11) is 0. The van der Waals surface area contributed by atoms with E-state index in [0.717, 1.165) is 12.8 Å². The standard InChI is InChI=1S/C11H22N2O2/c1-9(2)13-11(14)7-8-12-15-10-5-3-4-6-10/h9-10,12H,3-8H2,1-2H3,(H,13,14). The molecule has 0 radical (unpaired) electrons. The van der Waals surface area contributed by atoms with Crippen LogP contribution in [0.5, 0.6) is 0 Å². The summed E-state index contributed by atoms with van der Waals surface area (Å²) in [6.45, 7) is 4.51. The van der Waals surface area contributed by atoms with Crippen LogP contribution in [0.4, 0.5) is 0 Å². The van der Waals surface area contributed by atoms with Gasteiger partial charge in [0.05, 0.1) is 6.10 Å². The lowest BCUT2D eigenvalue weighted by molar-refractivity contribution is -0.122. The van der Waals surface area contributed by atoms with Crippen molar-refractivity contribution in [2.24, 2.45) is 0 Å². The van der Waals surface area contributed by atoms with E-state index in [4.69, 9.17) is 4.84 Å². The average molecular weight is 214 g/mol. The molecule has 88 valence electrons. The Labute approximate surface area is 91.7 Å². The van der Waals surface area contributed by atoms with Gasteiger partial charge in [0.25, 0.3) is 0 Å². The fraction of sp³-hybridized carbons (Fsp3) is 0.909. The fourth-order valence-electron chi connectivity index (χ4n) is 1.74. The highest BCUT2D eigenvalue weighted by Gasteiger charge is 2.15. The SMILES string of the molecule is CC(C)NC(=O)CCNOC1CCCC1. The van der Waals surface area contributed by atoms with Gasteiger partial charge in [-0.25, -0.2) is 5.48 Å². The second-order valence-corrected chi connectivity index (χ2v) is 4.39. The van der Waals surface area contributed by atoms with Gasteiger partial charge in [-0.1, -0.05) is 12.8 Å². The molecule has 1 amide bonds. The summed E-state index contributed by atoms with van der Waals surface area (Å²) in [6.07, 6.45) is 5.65. The normalized spacial score (nSPS) is 17.3. The molecule has 2 N–H and O–H groups in total. The third kappa shape index (κ3) is 5.74. The highest BCUT2D eigenvalue weighted by molar-refractivity contribution is 5.76. The van der Waals surface area contributed by atoms with E-state index in [0.29, 0.717) is 19.1 Å². The first kappa shape index (κ1) is 12.5. The maximum Gasteiger partial charge on any atom is 0.221 e. The first-order chi connectivity index (χ1) is 7.18. The number of amides is 1. The minimum absolute atomic E-state index is 0.0764. The zero-order chi connectivity index (χ0) is 11.1. The van der Waals surface area contributed by atoms with Crippen molar-refractivity contribution in [1.82, 2.24) is 10.8 Å². The smallest absolute Gasteiger partial charge is 0.221 e. The van der Waals surface area contributed by atoms with Gasteiger partial charge in [0, 0.05) is 19.0 Å². The summed E-state index contributed by atoms with van der Waals surface area (Å²) in [6, 6.07) is 0.216. The molecule has 1 aliphatic rings. The highest BCUT2D eigenvalue weighted by Crippen LogP contribution is 2.19. The quantitative estimate of drug-likeness (QED) is 0.518. The van der Waals surface area contributed by atoms with Crippen molar-refractivity contribution in [2.45, 2.75) is 58.1 Å². The Morgan fingerprint density at radius 2 is 2.07 bits per heavy atom. The molecule has 0 unspecified atom stereocenters. The number of hydrogen-bond donors (Lipinski definition) is 2. The van der Waals surface area contributed by atoms with E-state index in [1.54, 1.807) is 0 Å². The van der Waals surface area contributed by atoms with Crippen LogP contribution >= 0.6 is 0 Å². The van der Waals surface area contributed by atoms with Crippen LogP contribution < -0.4 is 10.8 Å². The van der Waals surface area contributed by atoms with E-state index in [2.05, 4.69) is 10.8 Å². The van der Waals surface area contributed by atoms with E-state index < -0.39 is 0 Å². The fourth-order valence-corrected chi connectivity index (χ4v) is 1.74. The molecule has 0 spiro atoms. The van der Waals surface area contributed by atoms with E-state index >= 15 is 0 Å². The van der Waals surface area contributed by atoms with Crippen molar-refractivity contribution in [3.63, 3.8) is 0 Å². The van der Waals surface area contributed by atoms with Gasteiger partial charge in [-0.15, -0.1) is 0 Å². The molecule has 0 aromatic carbocycles. The van der Waals surface area contributed by atoms with Crippen molar-refractivity contribution < 1.29 is 9.63 Å². The maximum atomic E-state index is 11.2. The Hall–Kier alpha value is -0.610. The number of carbonyl (C=O) groups excluding carboxylic acids is 1. The second-order valence-electron chi connectivity index (χ2n) is 4.39. The molecule has 1 fully saturated rings. The van der Waals surface area contributed by atoms with Crippen LogP contribution in [0.15, 0.2) is 0 Å². The number of hydroxylamine groups is 1. The number of rotatable bonds is 6. The van der Waals surface area contributed by atoms with Crippen molar-refractivity contribution in [2.75, 3.05) is 6.54 Å². The first-order valence-electron chi connectivity index (χ1n) is 5.86. The molecule has 0 aromatic heterocycles. The molecular formula is C11H22N2O2. The van der Waals surface area contributed by atoms with Crippen molar-refractivity contribution in [1.29, 1.82) is 0 Å². The van der Waals surface area contributed by atoms with Crippen molar-refractivity contribution in [3.8, 4) is 0 Å². The van der Waals surface area contributed by atoms with E-state index in [9.17, 15) is 4.79 Å². The minimum atomic E-state index is 0.0764. The zero-order valence-electron chi connectivity index (χ0n) is 9.71. The monoisotopic (exact) mass is 214 g/mol. The molecule has 0 aliphatic heterocycles. The lowest BCUT2D eigenvalue weighted by atomic mass is 10.3. The third-order valence-electron chi connectivity index (χ3n) is 2.46. The molecule has 0 heterocycles. The molecule has 1 aliphatic carbocycles. The Kier molecular flexibility index (Phi) is 5.65. The summed E-state index contributed by atoms with van der Waals surface area (Å²) < 4.78 is 0. The minimum Gasteiger partial charge on any atom is -0.354 e. The number of hydrogen-bond acceptors (Lipinski definition) is 3. The van der Waals surface area contributed by atoms with Crippen LogP contribution in [0, 0.1) is 0 Å². The Balaban J connectivity index is 1.94. The van der Waals surface area contributed by atoms with Gasteiger partial charge in [0.15, 0.2) is 0 Å². The summed E-state index contributed by atoms with van der Waals surface area (Å²) in [5.74, 6) is 0.0764. The predicted octanol–water partition coefficient (Wildman–Crippen LogP) is 1.36. The van der Waals surface area contributed by atoms with Gasteiger partial charge >= 0.3 is 0 Å². The van der Waals surface area contributed by atoms with Crippen LogP contribution in [0.25, 0.3) is 0 Å². The van der Waals surface area contributed by atoms with Crippen LogP contribution in [0.1, 0.15) is 46.0 Å². The average Bonchev–Trinajstić information content (AvgIpc) is 2.63. The van der Waals surface area contributed by atoms with Crippen LogP contribution in [0.3, 0.4) is 0 Å². The number of carbonyl (C=O) groups is 1. The topological polar surface area (TPSA) is 50.4 Å². The lowest BCUT2D eigenvalue weighted by Gasteiger charge is -2.12. The van der Waals surface area contributed by atoms with E-state index in [1.807, 2.05) is 13.8 Å². The molecule has 4 heteroatoms. The zero-order valence-corrected chi connectivity index (χ0v) is 9.71. The molecule has 4 nitrogen and oxygen atoms in total. The Morgan fingerprint density at radius 1 is 1.40 bits per heavy atom. The van der Waals surface area contributed by atoms with Crippen molar-refractivity contribution in [3.05, 3.63) is 0 Å². The number of nitrogens with one attached hydrogen (secondary N) is 2. The molecule has 0 atom stereocenters. The molecular weight excluding hydrogens is 192 g/mol. The Morgan fingerprint density at radius 3 is 2.67 bits per heavy atom. The molecule has 1 rings (SSSR count). The maximum absolute atomic E-state index is 11.2. The van der Waals surface area contributed by atoms with Gasteiger partial charge in [-0.05, 0) is 26.7 Å². The van der Waals surface area contributed by atoms with Crippen LogP contribution in [-0.4, -0.2) is 24.6 Å². The highest BCUT2D eigenvalue weighted by atomic mass is 16.7. The van der Waals surface area contributed by atoms with Gasteiger partial charge in [-0.3, -0.25) is 9.63 Å². The Bertz CT molecular complexity index is 189. The van der Waals surface area contributed by atoms with E-state index in [-0.39, 0.29) is 11.9 Å². The molecule has 1 saturated carbocycles. The van der Waals surface area contributed by atoms with Crippen LogP contribution in [0.2, 0.25) is 0 Å². The second kappa shape index (κ2) is 6.80. The summed E-state index contributed by atoms with van der Waals surface area (Å²) in [4.78, 5) is 16.7. The molecule has 0 bridgehead atoms. The molecule has 15 heavy (non-hydrogen) atoms.